The lowest BCUT2D eigenvalue weighted by Gasteiger charge is -2.34. The fourth-order valence-corrected chi connectivity index (χ4v) is 2.93. The van der Waals surface area contributed by atoms with Crippen molar-refractivity contribution in [2.45, 2.75) is 45.4 Å². The molecular weight excluding hydrogens is 254 g/mol. The number of aromatic amines is 1. The maximum atomic E-state index is 10.8. The average molecular weight is 279 g/mol. The third kappa shape index (κ3) is 4.34. The highest BCUT2D eigenvalue weighted by atomic mass is 16.4. The molecule has 1 saturated heterocycles. The van der Waals surface area contributed by atoms with Crippen LogP contribution >= 0.6 is 0 Å². The smallest absolute Gasteiger partial charge is 0.303 e. The monoisotopic (exact) mass is 279 g/mol. The van der Waals surface area contributed by atoms with Gasteiger partial charge >= 0.3 is 5.97 Å². The van der Waals surface area contributed by atoms with E-state index in [-0.39, 0.29) is 11.8 Å². The molecule has 0 aliphatic carbocycles. The first-order valence-electron chi connectivity index (χ1n) is 7.39. The second kappa shape index (κ2) is 6.39. The summed E-state index contributed by atoms with van der Waals surface area (Å²) >= 11 is 0. The largest absolute Gasteiger partial charge is 0.481 e. The van der Waals surface area contributed by atoms with Crippen LogP contribution in [-0.2, 0) is 4.79 Å². The number of carbonyl (C=O) groups is 1. The zero-order valence-electron chi connectivity index (χ0n) is 12.4. The van der Waals surface area contributed by atoms with Gasteiger partial charge in [-0.15, -0.1) is 0 Å². The second-order valence-electron chi connectivity index (χ2n) is 6.63. The van der Waals surface area contributed by atoms with E-state index in [0.29, 0.717) is 5.92 Å². The van der Waals surface area contributed by atoms with Crippen LogP contribution in [0.3, 0.4) is 0 Å². The number of hydrogen-bond acceptors (Lipinski definition) is 3. The molecule has 5 heteroatoms. The van der Waals surface area contributed by atoms with Crippen LogP contribution in [-0.4, -0.2) is 45.8 Å². The predicted molar refractivity (Wildman–Crippen MR) is 77.7 cm³/mol. The second-order valence-corrected chi connectivity index (χ2v) is 6.63. The van der Waals surface area contributed by atoms with Crippen molar-refractivity contribution in [1.29, 1.82) is 0 Å². The van der Waals surface area contributed by atoms with Crippen molar-refractivity contribution >= 4 is 5.97 Å². The summed E-state index contributed by atoms with van der Waals surface area (Å²) < 4.78 is 0. The first-order chi connectivity index (χ1) is 9.46. The van der Waals surface area contributed by atoms with E-state index in [9.17, 15) is 4.79 Å². The number of nitrogens with one attached hydrogen (secondary N) is 1. The SMILES string of the molecule is CC(C)(CCN1CCC(c2cn[nH]c2)CC1)CC(=O)O. The summed E-state index contributed by atoms with van der Waals surface area (Å²) in [6.07, 6.45) is 7.44. The summed E-state index contributed by atoms with van der Waals surface area (Å²) in [6.45, 7) is 7.27. The Balaban J connectivity index is 1.73. The molecule has 0 spiro atoms. The highest BCUT2D eigenvalue weighted by Gasteiger charge is 2.25. The van der Waals surface area contributed by atoms with Gasteiger partial charge in [0.25, 0.3) is 0 Å². The first-order valence-corrected chi connectivity index (χ1v) is 7.39. The van der Waals surface area contributed by atoms with Gasteiger partial charge in [0, 0.05) is 6.20 Å². The number of nitrogens with zero attached hydrogens (tertiary/aromatic N) is 2. The van der Waals surface area contributed by atoms with Gasteiger partial charge in [0.2, 0.25) is 0 Å². The van der Waals surface area contributed by atoms with Gasteiger partial charge in [0.1, 0.15) is 0 Å². The molecule has 0 atom stereocenters. The number of aromatic nitrogens is 2. The Kier molecular flexibility index (Phi) is 4.81. The Morgan fingerprint density at radius 1 is 1.50 bits per heavy atom. The van der Waals surface area contributed by atoms with Gasteiger partial charge in [-0.05, 0) is 55.8 Å². The van der Waals surface area contributed by atoms with Crippen molar-refractivity contribution in [1.82, 2.24) is 15.1 Å². The van der Waals surface area contributed by atoms with Crippen molar-refractivity contribution in [3.8, 4) is 0 Å². The molecule has 0 amide bonds. The molecule has 0 saturated carbocycles. The lowest BCUT2D eigenvalue weighted by molar-refractivity contribution is -0.139. The molecule has 20 heavy (non-hydrogen) atoms. The van der Waals surface area contributed by atoms with Gasteiger partial charge in [-0.2, -0.15) is 5.10 Å². The molecule has 1 fully saturated rings. The fraction of sp³-hybridized carbons (Fsp3) is 0.733. The van der Waals surface area contributed by atoms with E-state index < -0.39 is 5.97 Å². The van der Waals surface area contributed by atoms with Gasteiger partial charge < -0.3 is 10.0 Å². The summed E-state index contributed by atoms with van der Waals surface area (Å²) in [5.74, 6) is -0.0781. The molecule has 2 rings (SSSR count). The number of H-pyrrole nitrogens is 1. The molecule has 0 radical (unpaired) electrons. The topological polar surface area (TPSA) is 69.2 Å². The molecular formula is C15H25N3O2. The van der Waals surface area contributed by atoms with Crippen LogP contribution in [0, 0.1) is 5.41 Å². The number of hydrogen-bond donors (Lipinski definition) is 2. The van der Waals surface area contributed by atoms with Crippen molar-refractivity contribution in [3.63, 3.8) is 0 Å². The van der Waals surface area contributed by atoms with Crippen LogP contribution in [0.5, 0.6) is 0 Å². The minimum absolute atomic E-state index is 0.118. The summed E-state index contributed by atoms with van der Waals surface area (Å²) in [5.41, 5.74) is 1.20. The number of carboxylic acids is 1. The van der Waals surface area contributed by atoms with Crippen LogP contribution in [0.4, 0.5) is 0 Å². The standard InChI is InChI=1S/C15H25N3O2/c1-15(2,9-14(19)20)5-8-18-6-3-12(4-7-18)13-10-16-17-11-13/h10-12H,3-9H2,1-2H3,(H,16,17)(H,19,20). The number of piperidine rings is 1. The van der Waals surface area contributed by atoms with Crippen LogP contribution in [0.1, 0.15) is 51.0 Å². The maximum absolute atomic E-state index is 10.8. The number of aliphatic carboxylic acids is 1. The Morgan fingerprint density at radius 3 is 2.75 bits per heavy atom. The highest BCUT2D eigenvalue weighted by molar-refractivity contribution is 5.67. The average Bonchev–Trinajstić information content (AvgIpc) is 2.89. The van der Waals surface area contributed by atoms with E-state index >= 15 is 0 Å². The van der Waals surface area contributed by atoms with E-state index in [4.69, 9.17) is 5.11 Å². The molecule has 0 aromatic carbocycles. The molecule has 1 aliphatic rings. The first kappa shape index (κ1) is 15.0. The van der Waals surface area contributed by atoms with Crippen LogP contribution in [0.15, 0.2) is 12.4 Å². The highest BCUT2D eigenvalue weighted by Crippen LogP contribution is 2.29. The molecule has 5 nitrogen and oxygen atoms in total. The fourth-order valence-electron chi connectivity index (χ4n) is 2.93. The van der Waals surface area contributed by atoms with E-state index in [1.807, 2.05) is 26.2 Å². The summed E-state index contributed by atoms with van der Waals surface area (Å²) in [5, 5.41) is 15.8. The number of likely N-dealkylation sites (tertiary alicyclic amines) is 1. The van der Waals surface area contributed by atoms with Crippen molar-refractivity contribution < 1.29 is 9.90 Å². The lowest BCUT2D eigenvalue weighted by Crippen LogP contribution is -2.35. The van der Waals surface area contributed by atoms with Crippen molar-refractivity contribution in [2.24, 2.45) is 5.41 Å². The van der Waals surface area contributed by atoms with Gasteiger partial charge in [-0.3, -0.25) is 9.89 Å². The molecule has 2 N–H and O–H groups in total. The zero-order valence-corrected chi connectivity index (χ0v) is 12.4. The van der Waals surface area contributed by atoms with E-state index in [1.54, 1.807) is 0 Å². The van der Waals surface area contributed by atoms with Gasteiger partial charge in [0.05, 0.1) is 12.6 Å². The third-order valence-electron chi connectivity index (χ3n) is 4.31. The van der Waals surface area contributed by atoms with Crippen LogP contribution in [0.25, 0.3) is 0 Å². The Hall–Kier alpha value is -1.36. The molecule has 2 heterocycles. The third-order valence-corrected chi connectivity index (χ3v) is 4.31. The Morgan fingerprint density at radius 2 is 2.20 bits per heavy atom. The Bertz CT molecular complexity index is 420. The predicted octanol–water partition coefficient (Wildman–Crippen LogP) is 2.48. The van der Waals surface area contributed by atoms with Crippen LogP contribution in [0.2, 0.25) is 0 Å². The van der Waals surface area contributed by atoms with Gasteiger partial charge in [0.15, 0.2) is 0 Å². The minimum atomic E-state index is -0.700. The molecule has 1 aromatic heterocycles. The normalized spacial score (nSPS) is 18.3. The van der Waals surface area contributed by atoms with Crippen LogP contribution < -0.4 is 0 Å². The molecule has 0 unspecified atom stereocenters. The number of carboxylic acid groups (broad SMARTS) is 1. The zero-order chi connectivity index (χ0) is 14.6. The van der Waals surface area contributed by atoms with Gasteiger partial charge in [-0.25, -0.2) is 0 Å². The van der Waals surface area contributed by atoms with E-state index in [0.717, 1.165) is 26.1 Å². The summed E-state index contributed by atoms with van der Waals surface area (Å²) in [4.78, 5) is 13.3. The molecule has 0 bridgehead atoms. The van der Waals surface area contributed by atoms with E-state index in [2.05, 4.69) is 15.1 Å². The van der Waals surface area contributed by atoms with Crippen molar-refractivity contribution in [3.05, 3.63) is 18.0 Å². The number of rotatable bonds is 6. The molecule has 1 aliphatic heterocycles. The summed E-state index contributed by atoms with van der Waals surface area (Å²) in [6, 6.07) is 0. The molecule has 112 valence electrons. The summed E-state index contributed by atoms with van der Waals surface area (Å²) in [7, 11) is 0. The minimum Gasteiger partial charge on any atom is -0.481 e. The van der Waals surface area contributed by atoms with E-state index in [1.165, 1.54) is 18.4 Å². The maximum Gasteiger partial charge on any atom is 0.303 e. The quantitative estimate of drug-likeness (QED) is 0.839. The van der Waals surface area contributed by atoms with Gasteiger partial charge in [-0.1, -0.05) is 13.8 Å². The van der Waals surface area contributed by atoms with Crippen molar-refractivity contribution in [2.75, 3.05) is 19.6 Å². The molecule has 1 aromatic rings. The Labute approximate surface area is 120 Å². The lowest BCUT2D eigenvalue weighted by atomic mass is 9.85.